The van der Waals surface area contributed by atoms with Crippen molar-refractivity contribution in [3.05, 3.63) is 12.2 Å². The Morgan fingerprint density at radius 3 is 2.25 bits per heavy atom. The van der Waals surface area contributed by atoms with Crippen molar-refractivity contribution in [2.75, 3.05) is 32.7 Å². The summed E-state index contributed by atoms with van der Waals surface area (Å²) < 4.78 is 0.947. The number of hydrogen-bond donors (Lipinski definition) is 1. The standard InChI is InChI=1S/C24H45N3O/c1-4-6-7-8-9-10-11-12-13-14-15-16-17-18-24-26-20-22-27(24,5-2)21-19-25-23(3)28/h16-17H,4-15,18-22H2,1-3H3/p+1/b17-16+. The molecule has 1 N–H and O–H groups in total. The van der Waals surface area contributed by atoms with Crippen molar-refractivity contribution >= 4 is 11.7 Å². The highest BCUT2D eigenvalue weighted by Gasteiger charge is 2.35. The lowest BCUT2D eigenvalue weighted by Crippen LogP contribution is -2.53. The average molecular weight is 393 g/mol. The van der Waals surface area contributed by atoms with Crippen molar-refractivity contribution in [2.24, 2.45) is 4.99 Å². The number of amides is 1. The van der Waals surface area contributed by atoms with Crippen molar-refractivity contribution in [1.82, 2.24) is 5.32 Å². The predicted octanol–water partition coefficient (Wildman–Crippen LogP) is 5.63. The second-order valence-corrected chi connectivity index (χ2v) is 8.34. The Morgan fingerprint density at radius 1 is 1.00 bits per heavy atom. The number of quaternary nitrogens is 1. The smallest absolute Gasteiger partial charge is 0.217 e. The molecule has 0 aromatic heterocycles. The van der Waals surface area contributed by atoms with Gasteiger partial charge in [-0.3, -0.25) is 9.28 Å². The van der Waals surface area contributed by atoms with Gasteiger partial charge in [0.25, 0.3) is 0 Å². The van der Waals surface area contributed by atoms with Gasteiger partial charge in [-0.05, 0) is 19.8 Å². The third-order valence-corrected chi connectivity index (χ3v) is 6.08. The average Bonchev–Trinajstić information content (AvgIpc) is 3.08. The Bertz CT molecular complexity index is 472. The lowest BCUT2D eigenvalue weighted by Gasteiger charge is -2.33. The van der Waals surface area contributed by atoms with Crippen molar-refractivity contribution < 1.29 is 9.28 Å². The van der Waals surface area contributed by atoms with E-state index in [-0.39, 0.29) is 5.91 Å². The number of rotatable bonds is 17. The first-order chi connectivity index (χ1) is 13.6. The van der Waals surface area contributed by atoms with Gasteiger partial charge in [0.2, 0.25) is 11.7 Å². The molecule has 4 nitrogen and oxygen atoms in total. The van der Waals surface area contributed by atoms with Gasteiger partial charge >= 0.3 is 0 Å². The molecule has 1 aliphatic rings. The highest BCUT2D eigenvalue weighted by molar-refractivity contribution is 5.78. The lowest BCUT2D eigenvalue weighted by molar-refractivity contribution is -0.832. The number of nitrogens with zero attached hydrogens (tertiary/aromatic N) is 2. The number of amidine groups is 1. The minimum absolute atomic E-state index is 0.0586. The first kappa shape index (κ1) is 24.9. The van der Waals surface area contributed by atoms with Crippen molar-refractivity contribution in [3.8, 4) is 0 Å². The van der Waals surface area contributed by atoms with Gasteiger partial charge in [-0.1, -0.05) is 76.9 Å². The summed E-state index contributed by atoms with van der Waals surface area (Å²) in [4.78, 5) is 15.9. The molecule has 1 rings (SSSR count). The Morgan fingerprint density at radius 2 is 1.64 bits per heavy atom. The van der Waals surface area contributed by atoms with Crippen LogP contribution in [0.4, 0.5) is 0 Å². The van der Waals surface area contributed by atoms with Gasteiger partial charge in [0.15, 0.2) is 0 Å². The SMILES string of the molecule is CCCCCCCCCCCC/C=C/CC1=NCC[N+]1(CC)CCNC(C)=O. The first-order valence-electron chi connectivity index (χ1n) is 11.9. The van der Waals surface area contributed by atoms with E-state index >= 15 is 0 Å². The second-order valence-electron chi connectivity index (χ2n) is 8.34. The van der Waals surface area contributed by atoms with E-state index in [1.54, 1.807) is 6.92 Å². The molecule has 0 spiro atoms. The number of nitrogens with one attached hydrogen (secondary N) is 1. The molecule has 0 saturated heterocycles. The van der Waals surface area contributed by atoms with Gasteiger partial charge in [-0.2, -0.15) is 0 Å². The number of hydrogen-bond acceptors (Lipinski definition) is 2. The van der Waals surface area contributed by atoms with E-state index in [9.17, 15) is 4.79 Å². The van der Waals surface area contributed by atoms with Crippen LogP contribution in [0.2, 0.25) is 0 Å². The van der Waals surface area contributed by atoms with Crippen LogP contribution in [0.3, 0.4) is 0 Å². The van der Waals surface area contributed by atoms with Gasteiger partial charge in [-0.25, -0.2) is 4.99 Å². The molecular formula is C24H46N3O+. The summed E-state index contributed by atoms with van der Waals surface area (Å²) in [5, 5.41) is 2.94. The van der Waals surface area contributed by atoms with Crippen LogP contribution in [0.1, 0.15) is 97.8 Å². The minimum atomic E-state index is 0.0586. The fourth-order valence-corrected chi connectivity index (χ4v) is 4.15. The maximum Gasteiger partial charge on any atom is 0.217 e. The van der Waals surface area contributed by atoms with E-state index in [4.69, 9.17) is 4.99 Å². The van der Waals surface area contributed by atoms with Crippen LogP contribution in [0.15, 0.2) is 17.1 Å². The minimum Gasteiger partial charge on any atom is -0.351 e. The maximum absolute atomic E-state index is 11.1. The molecule has 1 aliphatic heterocycles. The normalized spacial score (nSPS) is 19.3. The number of likely N-dealkylation sites (N-methyl/N-ethyl adjacent to an activating group) is 1. The number of carbonyl (C=O) groups excluding carboxylic acids is 1. The van der Waals surface area contributed by atoms with Crippen LogP contribution >= 0.6 is 0 Å². The molecule has 0 aliphatic carbocycles. The Balaban J connectivity index is 2.11. The molecule has 0 bridgehead atoms. The van der Waals surface area contributed by atoms with Gasteiger partial charge in [-0.15, -0.1) is 0 Å². The summed E-state index contributed by atoms with van der Waals surface area (Å²) >= 11 is 0. The molecule has 0 aromatic rings. The predicted molar refractivity (Wildman–Crippen MR) is 122 cm³/mol. The molecule has 1 unspecified atom stereocenters. The van der Waals surface area contributed by atoms with E-state index < -0.39 is 0 Å². The van der Waals surface area contributed by atoms with Gasteiger partial charge in [0.1, 0.15) is 13.1 Å². The summed E-state index contributed by atoms with van der Waals surface area (Å²) in [5.74, 6) is 1.36. The van der Waals surface area contributed by atoms with E-state index in [1.165, 1.54) is 76.5 Å². The number of carbonyl (C=O) groups is 1. The molecule has 4 heteroatoms. The van der Waals surface area contributed by atoms with Crippen LogP contribution in [-0.4, -0.2) is 48.9 Å². The molecule has 1 heterocycles. The Kier molecular flexibility index (Phi) is 14.0. The van der Waals surface area contributed by atoms with Crippen LogP contribution < -0.4 is 5.32 Å². The molecule has 0 fully saturated rings. The summed E-state index contributed by atoms with van der Waals surface area (Å²) in [6.45, 7) is 10.9. The number of allylic oxidation sites excluding steroid dienone is 1. The van der Waals surface area contributed by atoms with Crippen molar-refractivity contribution in [2.45, 2.75) is 97.8 Å². The van der Waals surface area contributed by atoms with Gasteiger partial charge < -0.3 is 5.32 Å². The topological polar surface area (TPSA) is 41.5 Å². The van der Waals surface area contributed by atoms with Crippen LogP contribution in [0.5, 0.6) is 0 Å². The van der Waals surface area contributed by atoms with Crippen molar-refractivity contribution in [1.29, 1.82) is 0 Å². The quantitative estimate of drug-likeness (QED) is 0.195. The third kappa shape index (κ3) is 10.4. The molecule has 162 valence electrons. The molecule has 1 atom stereocenters. The van der Waals surface area contributed by atoms with Gasteiger partial charge in [0, 0.05) is 6.92 Å². The first-order valence-corrected chi connectivity index (χ1v) is 11.9. The molecule has 0 aromatic carbocycles. The van der Waals surface area contributed by atoms with Crippen LogP contribution in [0.25, 0.3) is 0 Å². The zero-order valence-corrected chi connectivity index (χ0v) is 19.0. The summed E-state index contributed by atoms with van der Waals surface area (Å²) in [6, 6.07) is 0. The Hall–Kier alpha value is -1.16. The van der Waals surface area contributed by atoms with E-state index in [2.05, 4.69) is 31.3 Å². The highest BCUT2D eigenvalue weighted by atomic mass is 16.1. The van der Waals surface area contributed by atoms with Crippen LogP contribution in [-0.2, 0) is 4.79 Å². The summed E-state index contributed by atoms with van der Waals surface area (Å²) in [7, 11) is 0. The van der Waals surface area contributed by atoms with Crippen LogP contribution in [0, 0.1) is 0 Å². The molecule has 28 heavy (non-hydrogen) atoms. The Labute approximate surface area is 174 Å². The zero-order chi connectivity index (χ0) is 20.5. The fourth-order valence-electron chi connectivity index (χ4n) is 4.15. The van der Waals surface area contributed by atoms with E-state index in [1.807, 2.05) is 0 Å². The summed E-state index contributed by atoms with van der Waals surface area (Å²) in [6.07, 6.45) is 20.8. The van der Waals surface area contributed by atoms with E-state index in [0.29, 0.717) is 0 Å². The van der Waals surface area contributed by atoms with E-state index in [0.717, 1.165) is 43.6 Å². The third-order valence-electron chi connectivity index (χ3n) is 6.08. The van der Waals surface area contributed by atoms with Crippen molar-refractivity contribution in [3.63, 3.8) is 0 Å². The molecule has 1 amide bonds. The monoisotopic (exact) mass is 392 g/mol. The number of aliphatic imine (C=N–C) groups is 1. The molecular weight excluding hydrogens is 346 g/mol. The zero-order valence-electron chi connectivity index (χ0n) is 19.0. The molecule has 0 saturated carbocycles. The highest BCUT2D eigenvalue weighted by Crippen LogP contribution is 2.18. The lowest BCUT2D eigenvalue weighted by atomic mass is 10.1. The largest absolute Gasteiger partial charge is 0.351 e. The molecule has 0 radical (unpaired) electrons. The maximum atomic E-state index is 11.1. The second kappa shape index (κ2) is 15.7. The van der Waals surface area contributed by atoms with Gasteiger partial charge in [0.05, 0.1) is 26.1 Å². The fraction of sp³-hybridized carbons (Fsp3) is 0.833. The summed E-state index contributed by atoms with van der Waals surface area (Å²) in [5.41, 5.74) is 0. The number of unbranched alkanes of at least 4 members (excludes halogenated alkanes) is 10.